The fourth-order valence-electron chi connectivity index (χ4n) is 2.07. The first-order valence-electron chi connectivity index (χ1n) is 5.97. The fourth-order valence-corrected chi connectivity index (χ4v) is 2.28. The number of para-hydroxylation sites is 1. The number of benzene rings is 1. The molecule has 0 bridgehead atoms. The standard InChI is InChI=1S/C14H13ClN4/c1-9-5-6-10(7-17-9)8-19-12-4-2-3-11(15)13(12)18-14(19)16/h2-7H,8H2,1H3,(H2,16,18). The van der Waals surface area contributed by atoms with E-state index >= 15 is 0 Å². The van der Waals surface area contributed by atoms with Crippen molar-refractivity contribution in [2.24, 2.45) is 0 Å². The van der Waals surface area contributed by atoms with E-state index in [0.717, 1.165) is 22.3 Å². The number of aromatic nitrogens is 3. The summed E-state index contributed by atoms with van der Waals surface area (Å²) in [4.78, 5) is 8.60. The minimum atomic E-state index is 0.462. The van der Waals surface area contributed by atoms with Gasteiger partial charge in [0.25, 0.3) is 0 Å². The van der Waals surface area contributed by atoms with Gasteiger partial charge >= 0.3 is 0 Å². The summed E-state index contributed by atoms with van der Waals surface area (Å²) in [6.07, 6.45) is 1.85. The number of hydrogen-bond donors (Lipinski definition) is 1. The minimum Gasteiger partial charge on any atom is -0.369 e. The number of fused-ring (bicyclic) bond motifs is 1. The Bertz CT molecular complexity index is 731. The maximum Gasteiger partial charge on any atom is 0.201 e. The van der Waals surface area contributed by atoms with Gasteiger partial charge in [-0.15, -0.1) is 0 Å². The molecule has 0 aliphatic rings. The maximum absolute atomic E-state index is 6.12. The van der Waals surface area contributed by atoms with Crippen molar-refractivity contribution < 1.29 is 0 Å². The van der Waals surface area contributed by atoms with Crippen molar-refractivity contribution in [3.05, 3.63) is 52.8 Å². The molecule has 2 heterocycles. The summed E-state index contributed by atoms with van der Waals surface area (Å²) in [6, 6.07) is 9.70. The summed E-state index contributed by atoms with van der Waals surface area (Å²) in [5, 5.41) is 0.616. The Morgan fingerprint density at radius 1 is 1.26 bits per heavy atom. The zero-order valence-electron chi connectivity index (χ0n) is 10.5. The lowest BCUT2D eigenvalue weighted by Gasteiger charge is -2.06. The second kappa shape index (κ2) is 4.55. The molecule has 96 valence electrons. The Labute approximate surface area is 115 Å². The summed E-state index contributed by atoms with van der Waals surface area (Å²) in [5.41, 5.74) is 9.72. The van der Waals surface area contributed by atoms with Gasteiger partial charge in [0.05, 0.1) is 17.1 Å². The Balaban J connectivity index is 2.07. The first-order chi connectivity index (χ1) is 9.15. The van der Waals surface area contributed by atoms with Crippen molar-refractivity contribution >= 4 is 28.6 Å². The maximum atomic E-state index is 6.12. The van der Waals surface area contributed by atoms with Gasteiger partial charge in [-0.1, -0.05) is 23.7 Å². The molecule has 0 fully saturated rings. The third-order valence-corrected chi connectivity index (χ3v) is 3.38. The average Bonchev–Trinajstić information content (AvgIpc) is 2.71. The molecule has 0 radical (unpaired) electrons. The van der Waals surface area contributed by atoms with Gasteiger partial charge in [0.2, 0.25) is 5.95 Å². The highest BCUT2D eigenvalue weighted by atomic mass is 35.5. The molecule has 0 aliphatic carbocycles. The molecule has 0 saturated carbocycles. The van der Waals surface area contributed by atoms with Gasteiger partial charge < -0.3 is 10.3 Å². The van der Waals surface area contributed by atoms with E-state index in [1.807, 2.05) is 48.0 Å². The molecule has 4 nitrogen and oxygen atoms in total. The van der Waals surface area contributed by atoms with Crippen molar-refractivity contribution in [2.75, 3.05) is 5.73 Å². The highest BCUT2D eigenvalue weighted by molar-refractivity contribution is 6.35. The Kier molecular flexibility index (Phi) is 2.87. The largest absolute Gasteiger partial charge is 0.369 e. The Morgan fingerprint density at radius 2 is 2.11 bits per heavy atom. The van der Waals surface area contributed by atoms with Crippen LogP contribution in [0.1, 0.15) is 11.3 Å². The molecule has 3 rings (SSSR count). The topological polar surface area (TPSA) is 56.7 Å². The van der Waals surface area contributed by atoms with E-state index < -0.39 is 0 Å². The summed E-state index contributed by atoms with van der Waals surface area (Å²) in [7, 11) is 0. The second-order valence-electron chi connectivity index (χ2n) is 4.47. The molecule has 0 saturated heterocycles. The molecule has 0 atom stereocenters. The van der Waals surface area contributed by atoms with Crippen LogP contribution in [0, 0.1) is 6.92 Å². The fraction of sp³-hybridized carbons (Fsp3) is 0.143. The summed E-state index contributed by atoms with van der Waals surface area (Å²) in [6.45, 7) is 2.60. The highest BCUT2D eigenvalue weighted by Gasteiger charge is 2.10. The number of aryl methyl sites for hydroxylation is 1. The number of halogens is 1. The average molecular weight is 273 g/mol. The van der Waals surface area contributed by atoms with E-state index in [1.54, 1.807) is 0 Å². The number of pyridine rings is 1. The predicted octanol–water partition coefficient (Wildman–Crippen LogP) is 3.02. The van der Waals surface area contributed by atoms with E-state index in [1.165, 1.54) is 0 Å². The first kappa shape index (κ1) is 12.0. The van der Waals surface area contributed by atoms with Crippen molar-refractivity contribution in [2.45, 2.75) is 13.5 Å². The molecule has 2 N–H and O–H groups in total. The molecule has 0 unspecified atom stereocenters. The summed E-state index contributed by atoms with van der Waals surface area (Å²) < 4.78 is 1.94. The number of imidazole rings is 1. The predicted molar refractivity (Wildman–Crippen MR) is 77.2 cm³/mol. The van der Waals surface area contributed by atoms with E-state index in [-0.39, 0.29) is 0 Å². The second-order valence-corrected chi connectivity index (χ2v) is 4.88. The quantitative estimate of drug-likeness (QED) is 0.780. The van der Waals surface area contributed by atoms with Crippen LogP contribution in [0.5, 0.6) is 0 Å². The van der Waals surface area contributed by atoms with Crippen LogP contribution in [0.4, 0.5) is 5.95 Å². The van der Waals surface area contributed by atoms with Crippen molar-refractivity contribution in [3.63, 3.8) is 0 Å². The number of hydrogen-bond acceptors (Lipinski definition) is 3. The number of rotatable bonds is 2. The van der Waals surface area contributed by atoms with Crippen LogP contribution >= 0.6 is 11.6 Å². The number of nitrogen functional groups attached to an aromatic ring is 1. The molecule has 5 heteroatoms. The number of anilines is 1. The van der Waals surface area contributed by atoms with E-state index in [0.29, 0.717) is 17.5 Å². The molecule has 3 aromatic rings. The van der Waals surface area contributed by atoms with Gasteiger partial charge in [0.15, 0.2) is 0 Å². The molecule has 0 spiro atoms. The lowest BCUT2D eigenvalue weighted by atomic mass is 10.2. The van der Waals surface area contributed by atoms with Gasteiger partial charge in [-0.3, -0.25) is 4.98 Å². The lowest BCUT2D eigenvalue weighted by Crippen LogP contribution is -2.04. The molecule has 0 aliphatic heterocycles. The summed E-state index contributed by atoms with van der Waals surface area (Å²) in [5.74, 6) is 0.462. The zero-order chi connectivity index (χ0) is 13.4. The van der Waals surface area contributed by atoms with Gasteiger partial charge in [0.1, 0.15) is 5.52 Å². The molecular weight excluding hydrogens is 260 g/mol. The SMILES string of the molecule is Cc1ccc(Cn2c(N)nc3c(Cl)cccc32)cn1. The Hall–Kier alpha value is -2.07. The van der Waals surface area contributed by atoms with Crippen molar-refractivity contribution in [1.29, 1.82) is 0 Å². The van der Waals surface area contributed by atoms with Crippen LogP contribution in [0.15, 0.2) is 36.5 Å². The van der Waals surface area contributed by atoms with E-state index in [4.69, 9.17) is 17.3 Å². The van der Waals surface area contributed by atoms with Crippen LogP contribution in [-0.2, 0) is 6.54 Å². The lowest BCUT2D eigenvalue weighted by molar-refractivity contribution is 0.832. The first-order valence-corrected chi connectivity index (χ1v) is 6.35. The Morgan fingerprint density at radius 3 is 2.84 bits per heavy atom. The molecule has 19 heavy (non-hydrogen) atoms. The van der Waals surface area contributed by atoms with E-state index in [9.17, 15) is 0 Å². The molecule has 1 aromatic carbocycles. The number of nitrogens with two attached hydrogens (primary N) is 1. The van der Waals surface area contributed by atoms with Crippen LogP contribution in [-0.4, -0.2) is 14.5 Å². The van der Waals surface area contributed by atoms with Crippen LogP contribution in [0.2, 0.25) is 5.02 Å². The third-order valence-electron chi connectivity index (χ3n) is 3.07. The molecule has 0 amide bonds. The minimum absolute atomic E-state index is 0.462. The highest BCUT2D eigenvalue weighted by Crippen LogP contribution is 2.25. The summed E-state index contributed by atoms with van der Waals surface area (Å²) >= 11 is 6.12. The zero-order valence-corrected chi connectivity index (χ0v) is 11.2. The number of nitrogens with zero attached hydrogens (tertiary/aromatic N) is 3. The monoisotopic (exact) mass is 272 g/mol. The van der Waals surface area contributed by atoms with Gasteiger partial charge in [-0.05, 0) is 30.7 Å². The molecule has 2 aromatic heterocycles. The van der Waals surface area contributed by atoms with E-state index in [2.05, 4.69) is 9.97 Å². The van der Waals surface area contributed by atoms with Crippen molar-refractivity contribution in [1.82, 2.24) is 14.5 Å². The van der Waals surface area contributed by atoms with Crippen LogP contribution < -0.4 is 5.73 Å². The smallest absolute Gasteiger partial charge is 0.201 e. The van der Waals surface area contributed by atoms with Crippen LogP contribution in [0.25, 0.3) is 11.0 Å². The normalized spacial score (nSPS) is 11.1. The van der Waals surface area contributed by atoms with Gasteiger partial charge in [-0.25, -0.2) is 4.98 Å². The van der Waals surface area contributed by atoms with Crippen LogP contribution in [0.3, 0.4) is 0 Å². The van der Waals surface area contributed by atoms with Gasteiger partial charge in [-0.2, -0.15) is 0 Å². The van der Waals surface area contributed by atoms with Crippen molar-refractivity contribution in [3.8, 4) is 0 Å². The molecular formula is C14H13ClN4. The van der Waals surface area contributed by atoms with Gasteiger partial charge in [0, 0.05) is 11.9 Å². The third kappa shape index (κ3) is 2.15.